The van der Waals surface area contributed by atoms with Gasteiger partial charge in [-0.25, -0.2) is 4.98 Å². The second-order valence-corrected chi connectivity index (χ2v) is 6.65. The highest BCUT2D eigenvalue weighted by Crippen LogP contribution is 2.26. The highest BCUT2D eigenvalue weighted by atomic mass is 16.5. The molecular weight excluding hydrogens is 306 g/mol. The maximum Gasteiger partial charge on any atom is 0.220 e. The van der Waals surface area contributed by atoms with Crippen LogP contribution in [0.25, 0.3) is 0 Å². The number of piperidine rings is 1. The number of nitrogens with zero attached hydrogens (tertiary/aromatic N) is 2. The predicted molar refractivity (Wildman–Crippen MR) is 92.3 cm³/mol. The molecule has 0 atom stereocenters. The zero-order chi connectivity index (χ0) is 16.8. The Hall–Kier alpha value is -1.82. The second kappa shape index (κ2) is 8.33. The number of hydrogen-bond donors (Lipinski definition) is 1. The van der Waals surface area contributed by atoms with Crippen molar-refractivity contribution in [3.8, 4) is 5.88 Å². The molecule has 0 spiro atoms. The fourth-order valence-electron chi connectivity index (χ4n) is 3.49. The van der Waals surface area contributed by atoms with Crippen molar-refractivity contribution in [3.63, 3.8) is 0 Å². The molecule has 0 aliphatic carbocycles. The number of rotatable bonds is 5. The zero-order valence-electron chi connectivity index (χ0n) is 14.4. The van der Waals surface area contributed by atoms with Gasteiger partial charge in [0.2, 0.25) is 11.8 Å². The average Bonchev–Trinajstić information content (AvgIpc) is 2.63. The van der Waals surface area contributed by atoms with Gasteiger partial charge in [0.05, 0.1) is 7.11 Å². The Balaban J connectivity index is 1.43. The fourth-order valence-corrected chi connectivity index (χ4v) is 3.49. The topological polar surface area (TPSA) is 63.7 Å². The monoisotopic (exact) mass is 333 g/mol. The molecular formula is C18H27N3O3. The molecule has 1 aromatic heterocycles. The summed E-state index contributed by atoms with van der Waals surface area (Å²) in [6, 6.07) is 4.29. The van der Waals surface area contributed by atoms with Crippen LogP contribution in [0, 0.1) is 5.92 Å². The van der Waals surface area contributed by atoms with Crippen molar-refractivity contribution < 1.29 is 14.3 Å². The number of pyridine rings is 1. The summed E-state index contributed by atoms with van der Waals surface area (Å²) >= 11 is 0. The summed E-state index contributed by atoms with van der Waals surface area (Å²) in [4.78, 5) is 18.7. The number of anilines is 1. The molecule has 0 saturated carbocycles. The number of nitrogens with one attached hydrogen (secondary N) is 1. The van der Waals surface area contributed by atoms with Gasteiger partial charge in [0.15, 0.2) is 0 Å². The van der Waals surface area contributed by atoms with Gasteiger partial charge < -0.3 is 19.7 Å². The van der Waals surface area contributed by atoms with E-state index in [9.17, 15) is 4.79 Å². The van der Waals surface area contributed by atoms with Crippen LogP contribution in [0.3, 0.4) is 0 Å². The van der Waals surface area contributed by atoms with Gasteiger partial charge in [-0.3, -0.25) is 4.79 Å². The first-order valence-corrected chi connectivity index (χ1v) is 8.86. The van der Waals surface area contributed by atoms with Gasteiger partial charge in [0.1, 0.15) is 0 Å². The molecule has 3 heterocycles. The Labute approximate surface area is 143 Å². The van der Waals surface area contributed by atoms with Crippen LogP contribution in [0.15, 0.2) is 18.3 Å². The largest absolute Gasteiger partial charge is 0.481 e. The minimum absolute atomic E-state index is 0.200. The van der Waals surface area contributed by atoms with E-state index in [1.54, 1.807) is 13.3 Å². The number of aromatic nitrogens is 1. The first-order chi connectivity index (χ1) is 11.7. The first kappa shape index (κ1) is 17.0. The van der Waals surface area contributed by atoms with Crippen LogP contribution in [0.4, 0.5) is 5.69 Å². The highest BCUT2D eigenvalue weighted by molar-refractivity contribution is 5.76. The lowest BCUT2D eigenvalue weighted by atomic mass is 9.92. The smallest absolute Gasteiger partial charge is 0.220 e. The molecule has 2 saturated heterocycles. The van der Waals surface area contributed by atoms with Crippen molar-refractivity contribution in [1.82, 2.24) is 10.3 Å². The van der Waals surface area contributed by atoms with E-state index in [0.29, 0.717) is 24.3 Å². The number of methoxy groups -OCH3 is 1. The minimum atomic E-state index is 0.200. The number of carbonyl (C=O) groups is 1. The third-order valence-electron chi connectivity index (χ3n) is 4.97. The molecule has 2 aliphatic rings. The standard InChI is InChI=1S/C18H27N3O3/c1-23-18-13-16(2-7-19-18)21-8-3-14(4-9-21)12-17(22)20-15-5-10-24-11-6-15/h2,7,13-15H,3-6,8-12H2,1H3,(H,20,22). The summed E-state index contributed by atoms with van der Waals surface area (Å²) in [7, 11) is 1.63. The summed E-state index contributed by atoms with van der Waals surface area (Å²) in [5.41, 5.74) is 1.15. The van der Waals surface area contributed by atoms with E-state index in [4.69, 9.17) is 9.47 Å². The molecule has 6 heteroatoms. The Bertz CT molecular complexity index is 538. The maximum absolute atomic E-state index is 12.2. The van der Waals surface area contributed by atoms with Crippen LogP contribution in [0.2, 0.25) is 0 Å². The molecule has 0 bridgehead atoms. The number of amides is 1. The Morgan fingerprint density at radius 2 is 2.08 bits per heavy atom. The summed E-state index contributed by atoms with van der Waals surface area (Å²) in [5, 5.41) is 3.17. The summed E-state index contributed by atoms with van der Waals surface area (Å²) in [6.07, 6.45) is 6.40. The number of hydrogen-bond acceptors (Lipinski definition) is 5. The van der Waals surface area contributed by atoms with Crippen molar-refractivity contribution >= 4 is 11.6 Å². The molecule has 24 heavy (non-hydrogen) atoms. The van der Waals surface area contributed by atoms with Crippen molar-refractivity contribution in [2.24, 2.45) is 5.92 Å². The molecule has 0 aromatic carbocycles. The molecule has 2 fully saturated rings. The van der Waals surface area contributed by atoms with Gasteiger partial charge in [-0.2, -0.15) is 0 Å². The van der Waals surface area contributed by atoms with Crippen molar-refractivity contribution in [2.75, 3.05) is 38.3 Å². The van der Waals surface area contributed by atoms with Crippen molar-refractivity contribution in [3.05, 3.63) is 18.3 Å². The normalized spacial score (nSPS) is 20.0. The summed E-state index contributed by atoms with van der Waals surface area (Å²) in [6.45, 7) is 3.47. The number of carbonyl (C=O) groups excluding carboxylic acids is 1. The van der Waals surface area contributed by atoms with E-state index in [0.717, 1.165) is 57.7 Å². The van der Waals surface area contributed by atoms with Crippen LogP contribution in [-0.4, -0.2) is 50.3 Å². The van der Waals surface area contributed by atoms with Gasteiger partial charge in [-0.1, -0.05) is 0 Å². The van der Waals surface area contributed by atoms with Gasteiger partial charge >= 0.3 is 0 Å². The highest BCUT2D eigenvalue weighted by Gasteiger charge is 2.23. The Morgan fingerprint density at radius 1 is 1.33 bits per heavy atom. The van der Waals surface area contributed by atoms with E-state index in [1.165, 1.54) is 0 Å². The third kappa shape index (κ3) is 4.60. The molecule has 6 nitrogen and oxygen atoms in total. The van der Waals surface area contributed by atoms with Crippen LogP contribution in [0.1, 0.15) is 32.1 Å². The van der Waals surface area contributed by atoms with Gasteiger partial charge in [-0.05, 0) is 37.7 Å². The van der Waals surface area contributed by atoms with Gasteiger partial charge in [-0.15, -0.1) is 0 Å². The molecule has 3 rings (SSSR count). The van der Waals surface area contributed by atoms with E-state index in [2.05, 4.69) is 15.2 Å². The predicted octanol–water partition coefficient (Wildman–Crippen LogP) is 1.99. The van der Waals surface area contributed by atoms with Crippen LogP contribution >= 0.6 is 0 Å². The minimum Gasteiger partial charge on any atom is -0.481 e. The lowest BCUT2D eigenvalue weighted by molar-refractivity contribution is -0.123. The zero-order valence-corrected chi connectivity index (χ0v) is 14.4. The van der Waals surface area contributed by atoms with E-state index >= 15 is 0 Å². The molecule has 1 aromatic rings. The van der Waals surface area contributed by atoms with Crippen LogP contribution < -0.4 is 15.0 Å². The van der Waals surface area contributed by atoms with E-state index in [1.807, 2.05) is 12.1 Å². The fraction of sp³-hybridized carbons (Fsp3) is 0.667. The van der Waals surface area contributed by atoms with E-state index in [-0.39, 0.29) is 5.91 Å². The Kier molecular flexibility index (Phi) is 5.91. The molecule has 0 unspecified atom stereocenters. The first-order valence-electron chi connectivity index (χ1n) is 8.86. The molecule has 1 N–H and O–H groups in total. The maximum atomic E-state index is 12.2. The molecule has 2 aliphatic heterocycles. The van der Waals surface area contributed by atoms with E-state index < -0.39 is 0 Å². The lowest BCUT2D eigenvalue weighted by Gasteiger charge is -2.33. The molecule has 1 amide bonds. The third-order valence-corrected chi connectivity index (χ3v) is 4.97. The molecule has 0 radical (unpaired) electrons. The van der Waals surface area contributed by atoms with Gasteiger partial charge in [0, 0.05) is 56.7 Å². The van der Waals surface area contributed by atoms with Crippen LogP contribution in [-0.2, 0) is 9.53 Å². The Morgan fingerprint density at radius 3 is 2.79 bits per heavy atom. The molecule has 132 valence electrons. The second-order valence-electron chi connectivity index (χ2n) is 6.65. The van der Waals surface area contributed by atoms with Gasteiger partial charge in [0.25, 0.3) is 0 Å². The summed E-state index contributed by atoms with van der Waals surface area (Å²) in [5.74, 6) is 1.32. The summed E-state index contributed by atoms with van der Waals surface area (Å²) < 4.78 is 10.5. The quantitative estimate of drug-likeness (QED) is 0.893. The van der Waals surface area contributed by atoms with Crippen LogP contribution in [0.5, 0.6) is 5.88 Å². The van der Waals surface area contributed by atoms with Crippen molar-refractivity contribution in [2.45, 2.75) is 38.1 Å². The van der Waals surface area contributed by atoms with Crippen molar-refractivity contribution in [1.29, 1.82) is 0 Å². The SMILES string of the molecule is COc1cc(N2CCC(CC(=O)NC3CCOCC3)CC2)ccn1. The lowest BCUT2D eigenvalue weighted by Crippen LogP contribution is -2.41. The average molecular weight is 333 g/mol. The number of ether oxygens (including phenoxy) is 2.